The highest BCUT2D eigenvalue weighted by Crippen LogP contribution is 2.24. The predicted octanol–water partition coefficient (Wildman–Crippen LogP) is 4.91. The molecule has 0 aliphatic rings. The molecule has 0 aliphatic carbocycles. The molecule has 1 atom stereocenters. The van der Waals surface area contributed by atoms with E-state index >= 15 is 0 Å². The van der Waals surface area contributed by atoms with Crippen molar-refractivity contribution < 1.29 is 4.79 Å². The lowest BCUT2D eigenvalue weighted by Crippen LogP contribution is -2.28. The van der Waals surface area contributed by atoms with Gasteiger partial charge in [0.25, 0.3) is 0 Å². The molecular formula is C20H18ClNO. The SMILES string of the molecule is CC(NC(=O)Cc1cccc(Cl)c1)c1cccc2ccccc12. The molecule has 3 aromatic carbocycles. The molecule has 0 radical (unpaired) electrons. The molecule has 0 spiro atoms. The van der Waals surface area contributed by atoms with Gasteiger partial charge >= 0.3 is 0 Å². The van der Waals surface area contributed by atoms with Gasteiger partial charge in [-0.05, 0) is 41.0 Å². The summed E-state index contributed by atoms with van der Waals surface area (Å²) in [5, 5.41) is 6.08. The summed E-state index contributed by atoms with van der Waals surface area (Å²) < 4.78 is 0. The number of carbonyl (C=O) groups is 1. The van der Waals surface area contributed by atoms with Crippen LogP contribution < -0.4 is 5.32 Å². The molecule has 0 saturated heterocycles. The summed E-state index contributed by atoms with van der Waals surface area (Å²) in [5.41, 5.74) is 2.04. The average Bonchev–Trinajstić information content (AvgIpc) is 2.54. The highest BCUT2D eigenvalue weighted by Gasteiger charge is 2.12. The first-order valence-corrected chi connectivity index (χ1v) is 8.03. The zero-order chi connectivity index (χ0) is 16.2. The highest BCUT2D eigenvalue weighted by atomic mass is 35.5. The normalized spacial score (nSPS) is 12.1. The van der Waals surface area contributed by atoms with Gasteiger partial charge in [0.1, 0.15) is 0 Å². The molecule has 1 amide bonds. The van der Waals surface area contributed by atoms with Gasteiger partial charge in [-0.3, -0.25) is 4.79 Å². The van der Waals surface area contributed by atoms with Gasteiger partial charge in [0.15, 0.2) is 0 Å². The average molecular weight is 324 g/mol. The van der Waals surface area contributed by atoms with Crippen LogP contribution in [-0.4, -0.2) is 5.91 Å². The summed E-state index contributed by atoms with van der Waals surface area (Å²) in [6.45, 7) is 2.01. The quantitative estimate of drug-likeness (QED) is 0.726. The number of amides is 1. The molecule has 1 N–H and O–H groups in total. The van der Waals surface area contributed by atoms with Crippen LogP contribution in [0.5, 0.6) is 0 Å². The predicted molar refractivity (Wildman–Crippen MR) is 95.7 cm³/mol. The lowest BCUT2D eigenvalue weighted by atomic mass is 9.99. The van der Waals surface area contributed by atoms with Crippen molar-refractivity contribution in [1.29, 1.82) is 0 Å². The summed E-state index contributed by atoms with van der Waals surface area (Å²) >= 11 is 5.96. The number of fused-ring (bicyclic) bond motifs is 1. The summed E-state index contributed by atoms with van der Waals surface area (Å²) in [7, 11) is 0. The van der Waals surface area contributed by atoms with Crippen molar-refractivity contribution in [2.45, 2.75) is 19.4 Å². The van der Waals surface area contributed by atoms with Crippen LogP contribution in [-0.2, 0) is 11.2 Å². The van der Waals surface area contributed by atoms with Crippen molar-refractivity contribution in [3.05, 3.63) is 82.9 Å². The molecule has 0 bridgehead atoms. The Morgan fingerprint density at radius 2 is 1.78 bits per heavy atom. The lowest BCUT2D eigenvalue weighted by molar-refractivity contribution is -0.121. The maximum Gasteiger partial charge on any atom is 0.224 e. The lowest BCUT2D eigenvalue weighted by Gasteiger charge is -2.17. The number of halogens is 1. The van der Waals surface area contributed by atoms with Gasteiger partial charge in [-0.2, -0.15) is 0 Å². The van der Waals surface area contributed by atoms with E-state index < -0.39 is 0 Å². The molecule has 3 rings (SSSR count). The second-order valence-corrected chi connectivity index (χ2v) is 6.10. The number of hydrogen-bond donors (Lipinski definition) is 1. The number of nitrogens with one attached hydrogen (secondary N) is 1. The Morgan fingerprint density at radius 3 is 2.61 bits per heavy atom. The summed E-state index contributed by atoms with van der Waals surface area (Å²) in [5.74, 6) is -0.00676. The Bertz CT molecular complexity index is 838. The van der Waals surface area contributed by atoms with Crippen molar-refractivity contribution in [3.8, 4) is 0 Å². The third kappa shape index (κ3) is 3.72. The van der Waals surface area contributed by atoms with Crippen molar-refractivity contribution in [1.82, 2.24) is 5.32 Å². The Hall–Kier alpha value is -2.32. The Balaban J connectivity index is 1.75. The van der Waals surface area contributed by atoms with Gasteiger partial charge < -0.3 is 5.32 Å². The van der Waals surface area contributed by atoms with Gasteiger partial charge in [-0.1, -0.05) is 66.2 Å². The van der Waals surface area contributed by atoms with Crippen LogP contribution in [0.2, 0.25) is 5.02 Å². The zero-order valence-electron chi connectivity index (χ0n) is 12.9. The van der Waals surface area contributed by atoms with E-state index in [1.165, 1.54) is 10.8 Å². The van der Waals surface area contributed by atoms with Gasteiger partial charge in [0, 0.05) is 5.02 Å². The Labute approximate surface area is 141 Å². The molecule has 0 saturated carbocycles. The minimum atomic E-state index is -0.0483. The molecule has 0 aliphatic heterocycles. The van der Waals surface area contributed by atoms with Crippen molar-refractivity contribution in [2.24, 2.45) is 0 Å². The van der Waals surface area contributed by atoms with Gasteiger partial charge in [-0.25, -0.2) is 0 Å². The number of rotatable bonds is 4. The van der Waals surface area contributed by atoms with Crippen LogP contribution in [0.25, 0.3) is 10.8 Å². The topological polar surface area (TPSA) is 29.1 Å². The van der Waals surface area contributed by atoms with Gasteiger partial charge in [-0.15, -0.1) is 0 Å². The first kappa shape index (κ1) is 15.6. The maximum absolute atomic E-state index is 12.3. The minimum Gasteiger partial charge on any atom is -0.349 e. The fourth-order valence-electron chi connectivity index (χ4n) is 2.83. The van der Waals surface area contributed by atoms with Gasteiger partial charge in [0.05, 0.1) is 12.5 Å². The van der Waals surface area contributed by atoms with E-state index in [0.717, 1.165) is 11.1 Å². The first-order valence-electron chi connectivity index (χ1n) is 7.65. The smallest absolute Gasteiger partial charge is 0.224 e. The largest absolute Gasteiger partial charge is 0.349 e. The van der Waals surface area contributed by atoms with Crippen LogP contribution >= 0.6 is 11.6 Å². The molecule has 116 valence electrons. The summed E-state index contributed by atoms with van der Waals surface area (Å²) in [6, 6.07) is 21.7. The first-order chi connectivity index (χ1) is 11.1. The van der Waals surface area contributed by atoms with Crippen LogP contribution in [0, 0.1) is 0 Å². The van der Waals surface area contributed by atoms with E-state index in [1.807, 2.05) is 49.4 Å². The molecule has 1 unspecified atom stereocenters. The second kappa shape index (κ2) is 6.84. The highest BCUT2D eigenvalue weighted by molar-refractivity contribution is 6.30. The number of carbonyl (C=O) groups excluding carboxylic acids is 1. The molecule has 0 heterocycles. The Kier molecular flexibility index (Phi) is 4.63. The van der Waals surface area contributed by atoms with E-state index in [4.69, 9.17) is 11.6 Å². The van der Waals surface area contributed by atoms with Crippen LogP contribution in [0.1, 0.15) is 24.1 Å². The van der Waals surface area contributed by atoms with Crippen LogP contribution in [0.4, 0.5) is 0 Å². The molecule has 3 heteroatoms. The molecule has 2 nitrogen and oxygen atoms in total. The number of benzene rings is 3. The monoisotopic (exact) mass is 323 g/mol. The van der Waals surface area contributed by atoms with E-state index in [0.29, 0.717) is 11.4 Å². The molecular weight excluding hydrogens is 306 g/mol. The van der Waals surface area contributed by atoms with Crippen molar-refractivity contribution in [3.63, 3.8) is 0 Å². The standard InChI is InChI=1S/C20H18ClNO/c1-14(18-11-5-8-16-7-2-3-10-19(16)18)22-20(23)13-15-6-4-9-17(21)12-15/h2-12,14H,13H2,1H3,(H,22,23). The molecule has 0 fully saturated rings. The van der Waals surface area contributed by atoms with Crippen molar-refractivity contribution >= 4 is 28.3 Å². The van der Waals surface area contributed by atoms with Gasteiger partial charge in [0.2, 0.25) is 5.91 Å². The number of hydrogen-bond acceptors (Lipinski definition) is 1. The fourth-order valence-corrected chi connectivity index (χ4v) is 3.04. The Morgan fingerprint density at radius 1 is 1.04 bits per heavy atom. The van der Waals surface area contributed by atoms with E-state index in [1.54, 1.807) is 0 Å². The minimum absolute atomic E-state index is 0.00676. The summed E-state index contributed by atoms with van der Waals surface area (Å²) in [6.07, 6.45) is 0.329. The molecule has 23 heavy (non-hydrogen) atoms. The second-order valence-electron chi connectivity index (χ2n) is 5.66. The zero-order valence-corrected chi connectivity index (χ0v) is 13.7. The molecule has 0 aromatic heterocycles. The summed E-state index contributed by atoms with van der Waals surface area (Å²) in [4.78, 5) is 12.3. The van der Waals surface area contributed by atoms with E-state index in [2.05, 4.69) is 29.6 Å². The molecule has 3 aromatic rings. The maximum atomic E-state index is 12.3. The van der Waals surface area contributed by atoms with Crippen molar-refractivity contribution in [2.75, 3.05) is 0 Å². The third-order valence-corrected chi connectivity index (χ3v) is 4.16. The third-order valence-electron chi connectivity index (χ3n) is 3.92. The van der Waals surface area contributed by atoms with Crippen LogP contribution in [0.3, 0.4) is 0 Å². The fraction of sp³-hybridized carbons (Fsp3) is 0.150. The van der Waals surface area contributed by atoms with E-state index in [-0.39, 0.29) is 11.9 Å². The van der Waals surface area contributed by atoms with E-state index in [9.17, 15) is 4.79 Å². The van der Waals surface area contributed by atoms with Crippen LogP contribution in [0.15, 0.2) is 66.7 Å².